The first-order valence-electron chi connectivity index (χ1n) is 3.00. The second kappa shape index (κ2) is 3.05. The molecule has 0 aliphatic heterocycles. The monoisotopic (exact) mass is 117 g/mol. The van der Waals surface area contributed by atoms with Crippen LogP contribution in [-0.2, 0) is 4.84 Å². The van der Waals surface area contributed by atoms with Gasteiger partial charge in [0.1, 0.15) is 0 Å². The second-order valence-electron chi connectivity index (χ2n) is 2.63. The first-order valence-corrected chi connectivity index (χ1v) is 3.00. The van der Waals surface area contributed by atoms with Crippen LogP contribution < -0.4 is 5.90 Å². The van der Waals surface area contributed by atoms with Crippen LogP contribution in [0.2, 0.25) is 0 Å². The fourth-order valence-electron chi connectivity index (χ4n) is 0.661. The van der Waals surface area contributed by atoms with Crippen LogP contribution in [0, 0.1) is 0 Å². The van der Waals surface area contributed by atoms with Crippen molar-refractivity contribution in [3.05, 3.63) is 0 Å². The quantitative estimate of drug-likeness (QED) is 0.568. The van der Waals surface area contributed by atoms with Gasteiger partial charge in [0.15, 0.2) is 0 Å². The van der Waals surface area contributed by atoms with Gasteiger partial charge in [0.05, 0.1) is 5.60 Å². The smallest absolute Gasteiger partial charge is 0.0837 e. The molecule has 0 aliphatic rings. The highest BCUT2D eigenvalue weighted by atomic mass is 16.6. The first kappa shape index (κ1) is 7.92. The SMILES string of the molecule is CCCC(C)(C)ON. The molecule has 2 N–H and O–H groups in total. The third kappa shape index (κ3) is 2.99. The molecule has 0 fully saturated rings. The third-order valence-corrected chi connectivity index (χ3v) is 1.17. The van der Waals surface area contributed by atoms with Crippen LogP contribution in [0.4, 0.5) is 0 Å². The molecule has 0 atom stereocenters. The zero-order valence-corrected chi connectivity index (χ0v) is 5.90. The van der Waals surface area contributed by atoms with Crippen molar-refractivity contribution in [2.45, 2.75) is 39.2 Å². The molecule has 0 aromatic rings. The lowest BCUT2D eigenvalue weighted by atomic mass is 10.0. The molecule has 8 heavy (non-hydrogen) atoms. The fraction of sp³-hybridized carbons (Fsp3) is 1.00. The number of nitrogens with two attached hydrogens (primary N) is 1. The van der Waals surface area contributed by atoms with E-state index in [9.17, 15) is 0 Å². The van der Waals surface area contributed by atoms with E-state index in [-0.39, 0.29) is 5.60 Å². The standard InChI is InChI=1S/C6H15NO/c1-4-5-6(2,3)8-7/h4-5,7H2,1-3H3. The van der Waals surface area contributed by atoms with Crippen LogP contribution in [0.3, 0.4) is 0 Å². The summed E-state index contributed by atoms with van der Waals surface area (Å²) >= 11 is 0. The number of rotatable bonds is 3. The molecule has 0 heterocycles. The van der Waals surface area contributed by atoms with Crippen LogP contribution >= 0.6 is 0 Å². The molecule has 0 bridgehead atoms. The number of hydrogen-bond acceptors (Lipinski definition) is 2. The van der Waals surface area contributed by atoms with Gasteiger partial charge >= 0.3 is 0 Å². The first-order chi connectivity index (χ1) is 3.62. The molecule has 2 nitrogen and oxygen atoms in total. The van der Waals surface area contributed by atoms with E-state index in [2.05, 4.69) is 11.8 Å². The summed E-state index contributed by atoms with van der Waals surface area (Å²) in [6.45, 7) is 6.08. The van der Waals surface area contributed by atoms with E-state index >= 15 is 0 Å². The summed E-state index contributed by atoms with van der Waals surface area (Å²) in [5.41, 5.74) is -0.130. The van der Waals surface area contributed by atoms with Gasteiger partial charge in [-0.3, -0.25) is 4.84 Å². The van der Waals surface area contributed by atoms with Crippen molar-refractivity contribution >= 4 is 0 Å². The average molecular weight is 117 g/mol. The predicted molar refractivity (Wildman–Crippen MR) is 34.3 cm³/mol. The molecule has 0 radical (unpaired) electrons. The van der Waals surface area contributed by atoms with E-state index in [0.717, 1.165) is 12.8 Å². The summed E-state index contributed by atoms with van der Waals surface area (Å²) in [6, 6.07) is 0. The van der Waals surface area contributed by atoms with Crippen LogP contribution in [0.25, 0.3) is 0 Å². The van der Waals surface area contributed by atoms with Crippen LogP contribution in [0.1, 0.15) is 33.6 Å². The molecule has 0 rings (SSSR count). The van der Waals surface area contributed by atoms with Crippen LogP contribution in [0.5, 0.6) is 0 Å². The minimum atomic E-state index is -0.130. The van der Waals surface area contributed by atoms with Gasteiger partial charge in [0, 0.05) is 0 Å². The largest absolute Gasteiger partial charge is 0.299 e. The fourth-order valence-corrected chi connectivity index (χ4v) is 0.661. The maximum absolute atomic E-state index is 4.99. The maximum Gasteiger partial charge on any atom is 0.0837 e. The lowest BCUT2D eigenvalue weighted by Crippen LogP contribution is -2.27. The highest BCUT2D eigenvalue weighted by molar-refractivity contribution is 4.64. The summed E-state index contributed by atoms with van der Waals surface area (Å²) in [4.78, 5) is 4.68. The molecular weight excluding hydrogens is 102 g/mol. The Kier molecular flexibility index (Phi) is 3.02. The Bertz CT molecular complexity index is 61.5. The molecule has 50 valence electrons. The Morgan fingerprint density at radius 3 is 2.12 bits per heavy atom. The van der Waals surface area contributed by atoms with E-state index in [1.54, 1.807) is 0 Å². The zero-order chi connectivity index (χ0) is 6.62. The van der Waals surface area contributed by atoms with Crippen molar-refractivity contribution in [1.29, 1.82) is 0 Å². The molecule has 0 saturated heterocycles. The Hall–Kier alpha value is -0.0800. The van der Waals surface area contributed by atoms with Gasteiger partial charge in [-0.25, -0.2) is 5.90 Å². The molecule has 0 spiro atoms. The lowest BCUT2D eigenvalue weighted by Gasteiger charge is -2.19. The summed E-state index contributed by atoms with van der Waals surface area (Å²) in [5, 5.41) is 0. The molecule has 0 amide bonds. The maximum atomic E-state index is 4.99. The van der Waals surface area contributed by atoms with Crippen molar-refractivity contribution in [2.24, 2.45) is 5.90 Å². The van der Waals surface area contributed by atoms with Crippen molar-refractivity contribution in [2.75, 3.05) is 0 Å². The van der Waals surface area contributed by atoms with Crippen molar-refractivity contribution in [3.63, 3.8) is 0 Å². The molecule has 2 heteroatoms. The van der Waals surface area contributed by atoms with E-state index in [4.69, 9.17) is 5.90 Å². The summed E-state index contributed by atoms with van der Waals surface area (Å²) < 4.78 is 0. The Labute approximate surface area is 51.0 Å². The normalized spacial score (nSPS) is 12.0. The minimum absolute atomic E-state index is 0.130. The molecule has 0 saturated carbocycles. The Balaban J connectivity index is 3.37. The molecular formula is C6H15NO. The van der Waals surface area contributed by atoms with Gasteiger partial charge in [-0.1, -0.05) is 13.3 Å². The van der Waals surface area contributed by atoms with Crippen LogP contribution in [0.15, 0.2) is 0 Å². The highest BCUT2D eigenvalue weighted by Crippen LogP contribution is 2.12. The molecule has 0 aromatic heterocycles. The summed E-state index contributed by atoms with van der Waals surface area (Å²) in [7, 11) is 0. The topological polar surface area (TPSA) is 35.2 Å². The Morgan fingerprint density at radius 2 is 2.00 bits per heavy atom. The summed E-state index contributed by atoms with van der Waals surface area (Å²) in [6.07, 6.45) is 2.13. The van der Waals surface area contributed by atoms with Crippen molar-refractivity contribution in [3.8, 4) is 0 Å². The third-order valence-electron chi connectivity index (χ3n) is 1.17. The van der Waals surface area contributed by atoms with E-state index < -0.39 is 0 Å². The highest BCUT2D eigenvalue weighted by Gasteiger charge is 2.14. The molecule has 0 aromatic carbocycles. The molecule has 0 unspecified atom stereocenters. The van der Waals surface area contributed by atoms with Gasteiger partial charge in [-0.2, -0.15) is 0 Å². The van der Waals surface area contributed by atoms with Crippen molar-refractivity contribution < 1.29 is 4.84 Å². The van der Waals surface area contributed by atoms with Gasteiger partial charge in [-0.05, 0) is 20.3 Å². The van der Waals surface area contributed by atoms with Gasteiger partial charge in [0.25, 0.3) is 0 Å². The Morgan fingerprint density at radius 1 is 1.50 bits per heavy atom. The van der Waals surface area contributed by atoms with E-state index in [1.807, 2.05) is 13.8 Å². The van der Waals surface area contributed by atoms with Gasteiger partial charge in [0.2, 0.25) is 0 Å². The summed E-state index contributed by atoms with van der Waals surface area (Å²) in [5.74, 6) is 4.99. The molecule has 0 aliphatic carbocycles. The van der Waals surface area contributed by atoms with E-state index in [0.29, 0.717) is 0 Å². The minimum Gasteiger partial charge on any atom is -0.299 e. The second-order valence-corrected chi connectivity index (χ2v) is 2.63. The van der Waals surface area contributed by atoms with Crippen LogP contribution in [-0.4, -0.2) is 5.60 Å². The predicted octanol–water partition coefficient (Wildman–Crippen LogP) is 1.46. The lowest BCUT2D eigenvalue weighted by molar-refractivity contribution is -0.0257. The van der Waals surface area contributed by atoms with Gasteiger partial charge < -0.3 is 0 Å². The van der Waals surface area contributed by atoms with E-state index in [1.165, 1.54) is 0 Å². The van der Waals surface area contributed by atoms with Gasteiger partial charge in [-0.15, -0.1) is 0 Å². The average Bonchev–Trinajstić information content (AvgIpc) is 1.67. The van der Waals surface area contributed by atoms with Crippen molar-refractivity contribution in [1.82, 2.24) is 0 Å². The number of hydrogen-bond donors (Lipinski definition) is 1. The zero-order valence-electron chi connectivity index (χ0n) is 5.90.